The van der Waals surface area contributed by atoms with Crippen molar-refractivity contribution in [2.24, 2.45) is 0 Å². The van der Waals surface area contributed by atoms with Crippen LogP contribution in [0.2, 0.25) is 0 Å². The lowest BCUT2D eigenvalue weighted by molar-refractivity contribution is -0.121. The van der Waals surface area contributed by atoms with E-state index in [4.69, 9.17) is 18.9 Å². The summed E-state index contributed by atoms with van der Waals surface area (Å²) in [6.45, 7) is 0.440. The van der Waals surface area contributed by atoms with Crippen molar-refractivity contribution in [3.63, 3.8) is 0 Å². The highest BCUT2D eigenvalue weighted by Crippen LogP contribution is 2.24. The number of hydrogen-bond acceptors (Lipinski definition) is 8. The van der Waals surface area contributed by atoms with Crippen LogP contribution in [0.4, 0.5) is 0 Å². The normalized spacial score (nSPS) is 15.2. The van der Waals surface area contributed by atoms with E-state index in [9.17, 15) is 19.2 Å². The summed E-state index contributed by atoms with van der Waals surface area (Å²) in [6, 6.07) is 32.6. The van der Waals surface area contributed by atoms with E-state index in [1.807, 2.05) is 60.7 Å². The van der Waals surface area contributed by atoms with E-state index in [0.717, 1.165) is 11.1 Å². The Kier molecular flexibility index (Phi) is 10.2. The molecule has 0 fully saturated rings. The molecule has 2 aliphatic rings. The summed E-state index contributed by atoms with van der Waals surface area (Å²) in [5.41, 5.74) is 3.32. The maximum atomic E-state index is 13.0. The van der Waals surface area contributed by atoms with Gasteiger partial charge in [0.1, 0.15) is 6.79 Å². The van der Waals surface area contributed by atoms with E-state index in [1.54, 1.807) is 48.5 Å². The average Bonchev–Trinajstić information content (AvgIpc) is 3.50. The van der Waals surface area contributed by atoms with Gasteiger partial charge in [0.15, 0.2) is 0 Å². The summed E-state index contributed by atoms with van der Waals surface area (Å²) >= 11 is 0. The van der Waals surface area contributed by atoms with Gasteiger partial charge in [-0.15, -0.1) is 0 Å². The van der Waals surface area contributed by atoms with Crippen LogP contribution in [0.5, 0.6) is 0 Å². The Morgan fingerprint density at radius 3 is 1.11 bits per heavy atom. The second-order valence-corrected chi connectivity index (χ2v) is 11.2. The highest BCUT2D eigenvalue weighted by atomic mass is 16.7. The first-order valence-corrected chi connectivity index (χ1v) is 15.4. The van der Waals surface area contributed by atoms with E-state index in [-0.39, 0.29) is 69.9 Å². The van der Waals surface area contributed by atoms with Crippen molar-refractivity contribution in [3.8, 4) is 0 Å². The number of benzene rings is 4. The molecule has 0 aromatic heterocycles. The first kappa shape index (κ1) is 32.0. The third kappa shape index (κ3) is 7.53. The molecule has 4 amide bonds. The van der Waals surface area contributed by atoms with Gasteiger partial charge in [0.2, 0.25) is 0 Å². The summed E-state index contributed by atoms with van der Waals surface area (Å²) < 4.78 is 23.9. The Balaban J connectivity index is 1.06. The number of carbonyl (C=O) groups is 4. The zero-order chi connectivity index (χ0) is 32.6. The van der Waals surface area contributed by atoms with E-state index in [1.165, 1.54) is 9.80 Å². The molecule has 0 radical (unpaired) electrons. The lowest BCUT2D eigenvalue weighted by Crippen LogP contribution is -2.41. The SMILES string of the molecule is O=C1c2ccccc2C(=O)N1CC(COCOCC(CN1C(=O)c2ccccc2C1=O)OCc1ccccc1)OCc1ccccc1. The smallest absolute Gasteiger partial charge is 0.261 e. The molecule has 10 nitrogen and oxygen atoms in total. The number of ether oxygens (including phenoxy) is 4. The third-order valence-corrected chi connectivity index (χ3v) is 7.96. The molecule has 0 N–H and O–H groups in total. The summed E-state index contributed by atoms with van der Waals surface area (Å²) in [5.74, 6) is -1.49. The van der Waals surface area contributed by atoms with Crippen molar-refractivity contribution in [1.82, 2.24) is 9.80 Å². The van der Waals surface area contributed by atoms with Crippen LogP contribution in [0.1, 0.15) is 52.6 Å². The standard InChI is InChI=1S/C37H34N2O8/c40-34-30-15-7-8-16-31(30)35(41)38(34)19-28(46-21-26-11-3-1-4-12-26)23-44-25-45-24-29(47-22-27-13-5-2-6-14-27)20-39-36(42)32-17-9-10-18-33(32)37(39)43/h1-18,28-29H,19-25H2. The number of carbonyl (C=O) groups excluding carboxylic acids is 4. The van der Waals surface area contributed by atoms with Crippen LogP contribution >= 0.6 is 0 Å². The van der Waals surface area contributed by atoms with Crippen molar-refractivity contribution in [3.05, 3.63) is 143 Å². The van der Waals surface area contributed by atoms with Crippen LogP contribution in [-0.2, 0) is 32.2 Å². The molecule has 2 heterocycles. The van der Waals surface area contributed by atoms with E-state index >= 15 is 0 Å². The molecule has 2 aliphatic heterocycles. The fourth-order valence-corrected chi connectivity index (χ4v) is 5.52. The van der Waals surface area contributed by atoms with Crippen molar-refractivity contribution < 1.29 is 38.1 Å². The van der Waals surface area contributed by atoms with Gasteiger partial charge in [-0.2, -0.15) is 0 Å². The van der Waals surface area contributed by atoms with Crippen LogP contribution < -0.4 is 0 Å². The third-order valence-electron chi connectivity index (χ3n) is 7.96. The Morgan fingerprint density at radius 2 is 0.766 bits per heavy atom. The number of fused-ring (bicyclic) bond motifs is 2. The molecule has 0 saturated heterocycles. The van der Waals surface area contributed by atoms with Gasteiger partial charge in [-0.25, -0.2) is 0 Å². The Hall–Kier alpha value is -5.00. The fraction of sp³-hybridized carbons (Fsp3) is 0.243. The number of imide groups is 2. The maximum Gasteiger partial charge on any atom is 0.261 e. The van der Waals surface area contributed by atoms with Crippen LogP contribution in [0, 0.1) is 0 Å². The van der Waals surface area contributed by atoms with Gasteiger partial charge in [-0.3, -0.25) is 29.0 Å². The Bertz CT molecular complexity index is 1530. The van der Waals surface area contributed by atoms with Crippen LogP contribution in [0.15, 0.2) is 109 Å². The highest BCUT2D eigenvalue weighted by Gasteiger charge is 2.38. The van der Waals surface area contributed by atoms with E-state index in [0.29, 0.717) is 22.3 Å². The Labute approximate surface area is 272 Å². The fourth-order valence-electron chi connectivity index (χ4n) is 5.52. The monoisotopic (exact) mass is 634 g/mol. The van der Waals surface area contributed by atoms with Crippen molar-refractivity contribution in [2.75, 3.05) is 33.1 Å². The first-order valence-electron chi connectivity index (χ1n) is 15.4. The molecular formula is C37H34N2O8. The zero-order valence-electron chi connectivity index (χ0n) is 25.7. The Morgan fingerprint density at radius 1 is 0.447 bits per heavy atom. The largest absolute Gasteiger partial charge is 0.369 e. The van der Waals surface area contributed by atoms with Gasteiger partial charge in [0.25, 0.3) is 23.6 Å². The molecule has 2 atom stereocenters. The van der Waals surface area contributed by atoms with Crippen LogP contribution in [0.25, 0.3) is 0 Å². The molecular weight excluding hydrogens is 600 g/mol. The molecule has 4 aromatic carbocycles. The number of rotatable bonds is 16. The van der Waals surface area contributed by atoms with Crippen molar-refractivity contribution in [2.45, 2.75) is 25.4 Å². The van der Waals surface area contributed by atoms with Gasteiger partial charge < -0.3 is 18.9 Å². The number of hydrogen-bond donors (Lipinski definition) is 0. The molecule has 0 bridgehead atoms. The maximum absolute atomic E-state index is 13.0. The summed E-state index contributed by atoms with van der Waals surface area (Å²) in [5, 5.41) is 0. The molecule has 47 heavy (non-hydrogen) atoms. The van der Waals surface area contributed by atoms with Crippen molar-refractivity contribution in [1.29, 1.82) is 0 Å². The van der Waals surface area contributed by atoms with Gasteiger partial charge in [-0.1, -0.05) is 84.9 Å². The lowest BCUT2D eigenvalue weighted by Gasteiger charge is -2.24. The van der Waals surface area contributed by atoms with Gasteiger partial charge in [0.05, 0.1) is 74.0 Å². The second kappa shape index (κ2) is 15.1. The molecule has 6 rings (SSSR count). The van der Waals surface area contributed by atoms with Crippen LogP contribution in [0.3, 0.4) is 0 Å². The van der Waals surface area contributed by atoms with Gasteiger partial charge in [-0.05, 0) is 35.4 Å². The second-order valence-electron chi connectivity index (χ2n) is 11.2. The topological polar surface area (TPSA) is 112 Å². The molecule has 10 heteroatoms. The lowest BCUT2D eigenvalue weighted by atomic mass is 10.1. The molecule has 0 aliphatic carbocycles. The quantitative estimate of drug-likeness (QED) is 0.0988. The van der Waals surface area contributed by atoms with Crippen LogP contribution in [-0.4, -0.2) is 78.7 Å². The molecule has 2 unspecified atom stereocenters. The summed E-state index contributed by atoms with van der Waals surface area (Å²) in [7, 11) is 0. The summed E-state index contributed by atoms with van der Waals surface area (Å²) in [4.78, 5) is 54.4. The predicted octanol–water partition coefficient (Wildman–Crippen LogP) is 4.74. The van der Waals surface area contributed by atoms with Crippen molar-refractivity contribution >= 4 is 23.6 Å². The predicted molar refractivity (Wildman–Crippen MR) is 170 cm³/mol. The molecule has 240 valence electrons. The first-order chi connectivity index (χ1) is 23.0. The highest BCUT2D eigenvalue weighted by molar-refractivity contribution is 6.22. The minimum absolute atomic E-state index is 0.00172. The molecule has 4 aromatic rings. The minimum Gasteiger partial charge on any atom is -0.369 e. The average molecular weight is 635 g/mol. The zero-order valence-corrected chi connectivity index (χ0v) is 25.7. The van der Waals surface area contributed by atoms with E-state index in [2.05, 4.69) is 0 Å². The molecule has 0 spiro atoms. The summed E-state index contributed by atoms with van der Waals surface area (Å²) in [6.07, 6.45) is -1.27. The minimum atomic E-state index is -0.635. The van der Waals surface area contributed by atoms with Gasteiger partial charge >= 0.3 is 0 Å². The number of amides is 4. The van der Waals surface area contributed by atoms with Gasteiger partial charge in [0, 0.05) is 0 Å². The number of nitrogens with zero attached hydrogens (tertiary/aromatic N) is 2. The van der Waals surface area contributed by atoms with E-state index < -0.39 is 12.2 Å². The molecule has 0 saturated carbocycles.